The first-order valence-electron chi connectivity index (χ1n) is 3.86. The minimum atomic E-state index is -1.94. The molecule has 2 N–H and O–H groups in total. The van der Waals surface area contributed by atoms with Crippen LogP contribution in [0.4, 0.5) is 4.79 Å². The lowest BCUT2D eigenvalue weighted by Gasteiger charge is -2.25. The number of nitrogens with one attached hydrogen (secondary N) is 1. The molecule has 0 aromatic carbocycles. The van der Waals surface area contributed by atoms with Crippen molar-refractivity contribution in [2.45, 2.75) is 25.3 Å². The van der Waals surface area contributed by atoms with Crippen molar-refractivity contribution in [3.8, 4) is 0 Å². The highest BCUT2D eigenvalue weighted by atomic mass is 28.3. The molecule has 0 aromatic heterocycles. The predicted octanol–water partition coefficient (Wildman–Crippen LogP) is 0.673. The standard InChI is InChI=1S/C7H15NO4Si/c1-12-7(11)8-5(6(9)10)13(2,3)4/h5H,1-4H3,(H,8,11)(H,9,10). The number of hydrogen-bond donors (Lipinski definition) is 2. The van der Waals surface area contributed by atoms with Crippen LogP contribution >= 0.6 is 0 Å². The molecule has 1 amide bonds. The van der Waals surface area contributed by atoms with E-state index in [1.165, 1.54) is 7.11 Å². The van der Waals surface area contributed by atoms with Crippen molar-refractivity contribution in [2.24, 2.45) is 0 Å². The van der Waals surface area contributed by atoms with Gasteiger partial charge in [0.25, 0.3) is 0 Å². The summed E-state index contributed by atoms with van der Waals surface area (Å²) in [6.45, 7) is 5.59. The molecule has 0 radical (unpaired) electrons. The molecule has 0 aliphatic carbocycles. The Labute approximate surface area is 78.1 Å². The number of carboxylic acid groups (broad SMARTS) is 1. The molecule has 76 valence electrons. The third kappa shape index (κ3) is 3.93. The Balaban J connectivity index is 4.46. The highest BCUT2D eigenvalue weighted by molar-refractivity contribution is 6.80. The average Bonchev–Trinajstić information content (AvgIpc) is 1.96. The fourth-order valence-corrected chi connectivity index (χ4v) is 2.12. The first-order valence-corrected chi connectivity index (χ1v) is 7.44. The van der Waals surface area contributed by atoms with E-state index in [2.05, 4.69) is 10.1 Å². The molecule has 0 saturated carbocycles. The summed E-state index contributed by atoms with van der Waals surface area (Å²) in [6, 6.07) is 0. The molecule has 1 atom stereocenters. The molecule has 0 saturated heterocycles. The fourth-order valence-electron chi connectivity index (χ4n) is 0.825. The molecule has 6 heteroatoms. The summed E-state index contributed by atoms with van der Waals surface area (Å²) in [4.78, 5) is 21.6. The molecule has 1 unspecified atom stereocenters. The van der Waals surface area contributed by atoms with Crippen molar-refractivity contribution >= 4 is 20.1 Å². The van der Waals surface area contributed by atoms with E-state index in [0.717, 1.165) is 0 Å². The van der Waals surface area contributed by atoms with E-state index < -0.39 is 25.8 Å². The number of aliphatic carboxylic acids is 1. The van der Waals surface area contributed by atoms with Crippen molar-refractivity contribution < 1.29 is 19.4 Å². The Bertz CT molecular complexity index is 211. The third-order valence-electron chi connectivity index (χ3n) is 1.56. The summed E-state index contributed by atoms with van der Waals surface area (Å²) in [5.74, 6) is -1.01. The second-order valence-electron chi connectivity index (χ2n) is 3.77. The van der Waals surface area contributed by atoms with Gasteiger partial charge in [-0.25, -0.2) is 4.79 Å². The second kappa shape index (κ2) is 4.27. The molecule has 0 fully saturated rings. The van der Waals surface area contributed by atoms with Gasteiger partial charge in [-0.15, -0.1) is 0 Å². The maximum Gasteiger partial charge on any atom is 0.407 e. The molecule has 0 spiro atoms. The lowest BCUT2D eigenvalue weighted by Crippen LogP contribution is -2.55. The largest absolute Gasteiger partial charge is 0.480 e. The number of alkyl carbamates (subject to hydrolysis) is 1. The van der Waals surface area contributed by atoms with Crippen LogP contribution in [-0.2, 0) is 9.53 Å². The van der Waals surface area contributed by atoms with Crippen LogP contribution in [0, 0.1) is 0 Å². The molecule has 0 rings (SSSR count). The van der Waals surface area contributed by atoms with E-state index >= 15 is 0 Å². The normalized spacial score (nSPS) is 13.2. The zero-order valence-corrected chi connectivity index (χ0v) is 9.25. The Kier molecular flexibility index (Phi) is 3.92. The van der Waals surface area contributed by atoms with Gasteiger partial charge in [0.1, 0.15) is 5.67 Å². The van der Waals surface area contributed by atoms with E-state index in [4.69, 9.17) is 5.11 Å². The van der Waals surface area contributed by atoms with Crippen LogP contribution in [-0.4, -0.2) is 38.0 Å². The molecular weight excluding hydrogens is 190 g/mol. The molecule has 0 aliphatic heterocycles. The maximum absolute atomic E-state index is 10.8. The van der Waals surface area contributed by atoms with Gasteiger partial charge < -0.3 is 15.2 Å². The first kappa shape index (κ1) is 12.0. The fraction of sp³-hybridized carbons (Fsp3) is 0.714. The van der Waals surface area contributed by atoms with E-state index in [-0.39, 0.29) is 0 Å². The quantitative estimate of drug-likeness (QED) is 0.664. The van der Waals surface area contributed by atoms with Crippen LogP contribution in [0.15, 0.2) is 0 Å². The van der Waals surface area contributed by atoms with Crippen LogP contribution in [0.2, 0.25) is 19.6 Å². The van der Waals surface area contributed by atoms with Gasteiger partial charge in [0, 0.05) is 0 Å². The van der Waals surface area contributed by atoms with Gasteiger partial charge in [-0.05, 0) is 0 Å². The molecule has 0 aliphatic rings. The third-order valence-corrected chi connectivity index (χ3v) is 3.68. The lowest BCUT2D eigenvalue weighted by molar-refractivity contribution is -0.137. The van der Waals surface area contributed by atoms with E-state index in [1.54, 1.807) is 0 Å². The SMILES string of the molecule is COC(=O)NC(C(=O)O)[Si](C)(C)C. The van der Waals surface area contributed by atoms with Gasteiger partial charge in [0.05, 0.1) is 15.2 Å². The minimum absolute atomic E-state index is 0.699. The van der Waals surface area contributed by atoms with Crippen LogP contribution < -0.4 is 5.32 Å². The summed E-state index contributed by atoms with van der Waals surface area (Å²) in [5.41, 5.74) is -0.806. The van der Waals surface area contributed by atoms with Crippen LogP contribution in [0.5, 0.6) is 0 Å². The molecule has 5 nitrogen and oxygen atoms in total. The molecule has 0 heterocycles. The zero-order chi connectivity index (χ0) is 10.6. The van der Waals surface area contributed by atoms with Crippen molar-refractivity contribution in [3.05, 3.63) is 0 Å². The lowest BCUT2D eigenvalue weighted by atomic mass is 10.6. The minimum Gasteiger partial charge on any atom is -0.480 e. The van der Waals surface area contributed by atoms with E-state index in [0.29, 0.717) is 0 Å². The first-order chi connectivity index (χ1) is 5.79. The predicted molar refractivity (Wildman–Crippen MR) is 50.3 cm³/mol. The monoisotopic (exact) mass is 205 g/mol. The Hall–Kier alpha value is -1.04. The van der Waals surface area contributed by atoms with Crippen LogP contribution in [0.25, 0.3) is 0 Å². The van der Waals surface area contributed by atoms with Crippen molar-refractivity contribution in [3.63, 3.8) is 0 Å². The van der Waals surface area contributed by atoms with Gasteiger partial charge in [-0.1, -0.05) is 19.6 Å². The maximum atomic E-state index is 10.8. The number of amides is 1. The van der Waals surface area contributed by atoms with Gasteiger partial charge in [-0.3, -0.25) is 4.79 Å². The molecule has 0 aromatic rings. The van der Waals surface area contributed by atoms with Gasteiger partial charge >= 0.3 is 12.1 Å². The number of carboxylic acids is 1. The van der Waals surface area contributed by atoms with Crippen LogP contribution in [0.1, 0.15) is 0 Å². The van der Waals surface area contributed by atoms with E-state index in [1.807, 2.05) is 19.6 Å². The Morgan fingerprint density at radius 3 is 2.08 bits per heavy atom. The zero-order valence-electron chi connectivity index (χ0n) is 8.25. The van der Waals surface area contributed by atoms with Crippen molar-refractivity contribution in [1.82, 2.24) is 5.32 Å². The number of carbonyl (C=O) groups excluding carboxylic acids is 1. The number of methoxy groups -OCH3 is 1. The summed E-state index contributed by atoms with van der Waals surface area (Å²) >= 11 is 0. The molecule has 0 bridgehead atoms. The van der Waals surface area contributed by atoms with Crippen molar-refractivity contribution in [1.29, 1.82) is 0 Å². The highest BCUT2D eigenvalue weighted by Crippen LogP contribution is 2.07. The average molecular weight is 205 g/mol. The number of rotatable bonds is 3. The Morgan fingerprint density at radius 2 is 1.85 bits per heavy atom. The van der Waals surface area contributed by atoms with Gasteiger partial charge in [-0.2, -0.15) is 0 Å². The number of carbonyl (C=O) groups is 2. The number of hydrogen-bond acceptors (Lipinski definition) is 3. The van der Waals surface area contributed by atoms with Gasteiger partial charge in [0.2, 0.25) is 0 Å². The molecular formula is C7H15NO4Si. The molecule has 13 heavy (non-hydrogen) atoms. The topological polar surface area (TPSA) is 75.6 Å². The van der Waals surface area contributed by atoms with E-state index in [9.17, 15) is 9.59 Å². The summed E-state index contributed by atoms with van der Waals surface area (Å²) < 4.78 is 4.33. The Morgan fingerprint density at radius 1 is 1.38 bits per heavy atom. The van der Waals surface area contributed by atoms with Gasteiger partial charge in [0.15, 0.2) is 0 Å². The smallest absolute Gasteiger partial charge is 0.407 e. The number of ether oxygens (including phenoxy) is 1. The van der Waals surface area contributed by atoms with Crippen LogP contribution in [0.3, 0.4) is 0 Å². The van der Waals surface area contributed by atoms with Crippen molar-refractivity contribution in [2.75, 3.05) is 7.11 Å². The summed E-state index contributed by atoms with van der Waals surface area (Å²) in [6.07, 6.45) is -0.699. The summed E-state index contributed by atoms with van der Waals surface area (Å²) in [7, 11) is -0.733. The summed E-state index contributed by atoms with van der Waals surface area (Å²) in [5, 5.41) is 11.1. The second-order valence-corrected chi connectivity index (χ2v) is 9.08. The highest BCUT2D eigenvalue weighted by Gasteiger charge is 2.34.